The van der Waals surface area contributed by atoms with Gasteiger partial charge >= 0.3 is 0 Å². The first-order valence-electron chi connectivity index (χ1n) is 15.2. The topological polar surface area (TPSA) is 58.1 Å². The highest BCUT2D eigenvalue weighted by Crippen LogP contribution is 2.46. The number of ether oxygens (including phenoxy) is 1. The number of hydrogen-bond acceptors (Lipinski definition) is 7. The largest absolute Gasteiger partial charge is 0.456 e. The maximum atomic E-state index is 6.96. The molecule has 1 aliphatic heterocycles. The summed E-state index contributed by atoms with van der Waals surface area (Å²) in [7, 11) is 2.05. The van der Waals surface area contributed by atoms with Crippen molar-refractivity contribution in [2.75, 3.05) is 23.5 Å². The van der Waals surface area contributed by atoms with E-state index in [1.807, 2.05) is 72.8 Å². The Labute approximate surface area is 264 Å². The lowest BCUT2D eigenvalue weighted by molar-refractivity contribution is 0.485. The molecule has 0 radical (unpaired) electrons. The van der Waals surface area contributed by atoms with Crippen molar-refractivity contribution in [2.24, 2.45) is 0 Å². The number of furan rings is 2. The Hall–Kier alpha value is -6.21. The van der Waals surface area contributed by atoms with Crippen LogP contribution >= 0.6 is 0 Å². The second-order valence-electron chi connectivity index (χ2n) is 11.5. The molecule has 0 N–H and O–H groups in total. The summed E-state index contributed by atoms with van der Waals surface area (Å²) >= 11 is 0. The number of nitrogens with zero attached hydrogens (tertiary/aromatic N) is 4. The van der Waals surface area contributed by atoms with Crippen LogP contribution in [0, 0.1) is 0 Å². The van der Waals surface area contributed by atoms with Crippen LogP contribution in [0.4, 0.5) is 22.9 Å². The molecule has 0 unspecified atom stereocenters. The van der Waals surface area contributed by atoms with E-state index < -0.39 is 0 Å². The number of fused-ring (bicyclic) bond motifs is 6. The van der Waals surface area contributed by atoms with Gasteiger partial charge in [-0.15, -0.1) is 0 Å². The zero-order chi connectivity index (χ0) is 30.6. The Kier molecular flexibility index (Phi) is 5.96. The average Bonchev–Trinajstić information content (AvgIpc) is 3.80. The van der Waals surface area contributed by atoms with Gasteiger partial charge < -0.3 is 23.4 Å². The summed E-state index contributed by atoms with van der Waals surface area (Å²) in [6.45, 7) is 0.706. The zero-order valence-corrected chi connectivity index (χ0v) is 25.0. The van der Waals surface area contributed by atoms with E-state index in [0.717, 1.165) is 66.8 Å². The van der Waals surface area contributed by atoms with E-state index in [-0.39, 0.29) is 0 Å². The van der Waals surface area contributed by atoms with E-state index in [4.69, 9.17) is 18.6 Å². The highest BCUT2D eigenvalue weighted by molar-refractivity contribution is 6.11. The van der Waals surface area contributed by atoms with E-state index in [0.29, 0.717) is 18.2 Å². The molecule has 9 rings (SSSR count). The number of anilines is 4. The Morgan fingerprint density at radius 1 is 0.674 bits per heavy atom. The highest BCUT2D eigenvalue weighted by atomic mass is 16.5. The Bertz CT molecular complexity index is 2370. The van der Waals surface area contributed by atoms with Crippen molar-refractivity contribution in [3.63, 3.8) is 0 Å². The standard InChI is InChI=1S/C39H28N4O3/c1-41-19-20-42(25-41)32-24-28(23-31-29-13-5-7-15-33(29)46-39(31)32)44-35-21-27(22-36-38(35)30-14-6-8-16-34(30)45-36)43(26-11-3-2-4-12-26)37-17-9-10-18-40-37/h2-24H,25H2,1H3. The van der Waals surface area contributed by atoms with Crippen LogP contribution in [0.25, 0.3) is 43.9 Å². The first-order chi connectivity index (χ1) is 22.7. The molecule has 7 nitrogen and oxygen atoms in total. The lowest BCUT2D eigenvalue weighted by Gasteiger charge is -2.25. The van der Waals surface area contributed by atoms with Crippen molar-refractivity contribution in [1.29, 1.82) is 0 Å². The zero-order valence-electron chi connectivity index (χ0n) is 25.0. The minimum atomic E-state index is 0.682. The quantitative estimate of drug-likeness (QED) is 0.188. The fourth-order valence-electron chi connectivity index (χ4n) is 6.36. The van der Waals surface area contributed by atoms with Gasteiger partial charge in [-0.1, -0.05) is 60.7 Å². The Morgan fingerprint density at radius 2 is 1.43 bits per heavy atom. The molecule has 8 aromatic rings. The molecule has 4 heterocycles. The fraction of sp³-hybridized carbons (Fsp3) is 0.0513. The van der Waals surface area contributed by atoms with Gasteiger partial charge in [0.25, 0.3) is 0 Å². The first-order valence-corrected chi connectivity index (χ1v) is 15.2. The van der Waals surface area contributed by atoms with Gasteiger partial charge in [0.2, 0.25) is 0 Å². The molecule has 5 aromatic carbocycles. The molecular formula is C39H28N4O3. The number of benzene rings is 5. The molecule has 0 spiro atoms. The molecular weight excluding hydrogens is 572 g/mol. The SMILES string of the molecule is CN1C=CN(c2cc(Oc3cc(N(c4ccccc4)c4ccccn4)cc4oc5ccccc5c34)cc3c2oc2ccccc23)C1. The number of para-hydroxylation sites is 3. The normalized spacial score (nSPS) is 13.1. The first kappa shape index (κ1) is 26.2. The van der Waals surface area contributed by atoms with Gasteiger partial charge in [-0.3, -0.25) is 4.90 Å². The van der Waals surface area contributed by atoms with Crippen LogP contribution in [0.15, 0.2) is 149 Å². The third-order valence-corrected chi connectivity index (χ3v) is 8.42. The van der Waals surface area contributed by atoms with Crippen LogP contribution in [-0.2, 0) is 0 Å². The predicted octanol–water partition coefficient (Wildman–Crippen LogP) is 10.3. The number of pyridine rings is 1. The molecule has 0 saturated carbocycles. The van der Waals surface area contributed by atoms with E-state index in [1.165, 1.54) is 0 Å². The predicted molar refractivity (Wildman–Crippen MR) is 184 cm³/mol. The van der Waals surface area contributed by atoms with Crippen LogP contribution in [0.3, 0.4) is 0 Å². The van der Waals surface area contributed by atoms with Gasteiger partial charge in [-0.05, 0) is 42.5 Å². The van der Waals surface area contributed by atoms with E-state index in [2.05, 4.69) is 82.7 Å². The van der Waals surface area contributed by atoms with Crippen LogP contribution < -0.4 is 14.5 Å². The summed E-state index contributed by atoms with van der Waals surface area (Å²) in [6.07, 6.45) is 5.93. The molecule has 222 valence electrons. The smallest absolute Gasteiger partial charge is 0.159 e. The molecule has 1 aliphatic rings. The third-order valence-electron chi connectivity index (χ3n) is 8.42. The van der Waals surface area contributed by atoms with E-state index in [9.17, 15) is 0 Å². The van der Waals surface area contributed by atoms with E-state index in [1.54, 1.807) is 6.20 Å². The number of rotatable bonds is 6. The third kappa shape index (κ3) is 4.32. The van der Waals surface area contributed by atoms with Crippen molar-refractivity contribution in [3.05, 3.63) is 140 Å². The minimum Gasteiger partial charge on any atom is -0.456 e. The second kappa shape index (κ2) is 10.5. The maximum Gasteiger partial charge on any atom is 0.159 e. The van der Waals surface area contributed by atoms with Gasteiger partial charge in [-0.2, -0.15) is 0 Å². The van der Waals surface area contributed by atoms with Crippen molar-refractivity contribution in [2.45, 2.75) is 0 Å². The lowest BCUT2D eigenvalue weighted by atomic mass is 10.1. The molecule has 0 atom stereocenters. The lowest BCUT2D eigenvalue weighted by Crippen LogP contribution is -2.21. The molecule has 0 amide bonds. The molecule has 0 bridgehead atoms. The summed E-state index contributed by atoms with van der Waals surface area (Å²) in [5.74, 6) is 2.17. The van der Waals surface area contributed by atoms with Crippen LogP contribution in [0.2, 0.25) is 0 Å². The molecule has 0 saturated heterocycles. The van der Waals surface area contributed by atoms with Crippen LogP contribution in [0.5, 0.6) is 11.5 Å². The molecule has 7 heteroatoms. The summed E-state index contributed by atoms with van der Waals surface area (Å²) in [4.78, 5) is 11.1. The average molecular weight is 601 g/mol. The minimum absolute atomic E-state index is 0.682. The van der Waals surface area contributed by atoms with Gasteiger partial charge in [-0.25, -0.2) is 4.98 Å². The summed E-state index contributed by atoms with van der Waals surface area (Å²) in [5.41, 5.74) is 5.97. The van der Waals surface area contributed by atoms with Crippen molar-refractivity contribution < 1.29 is 13.6 Å². The van der Waals surface area contributed by atoms with Gasteiger partial charge in [0.15, 0.2) is 5.58 Å². The maximum absolute atomic E-state index is 6.96. The van der Waals surface area contributed by atoms with Gasteiger partial charge in [0.05, 0.1) is 23.4 Å². The molecule has 0 fully saturated rings. The monoisotopic (exact) mass is 600 g/mol. The van der Waals surface area contributed by atoms with Crippen LogP contribution in [-0.4, -0.2) is 23.6 Å². The molecule has 3 aromatic heterocycles. The summed E-state index contributed by atoms with van der Waals surface area (Å²) in [5, 5.41) is 3.93. The number of aromatic nitrogens is 1. The summed E-state index contributed by atoms with van der Waals surface area (Å²) in [6, 6.07) is 40.6. The second-order valence-corrected chi connectivity index (χ2v) is 11.5. The fourth-order valence-corrected chi connectivity index (χ4v) is 6.36. The highest BCUT2D eigenvalue weighted by Gasteiger charge is 2.23. The van der Waals surface area contributed by atoms with E-state index >= 15 is 0 Å². The van der Waals surface area contributed by atoms with Crippen molar-refractivity contribution in [3.8, 4) is 11.5 Å². The van der Waals surface area contributed by atoms with Gasteiger partial charge in [0, 0.05) is 65.7 Å². The van der Waals surface area contributed by atoms with Crippen molar-refractivity contribution in [1.82, 2.24) is 9.88 Å². The van der Waals surface area contributed by atoms with Gasteiger partial charge in [0.1, 0.15) is 34.1 Å². The Morgan fingerprint density at radius 3 is 2.22 bits per heavy atom. The molecule has 0 aliphatic carbocycles. The van der Waals surface area contributed by atoms with Crippen molar-refractivity contribution >= 4 is 66.8 Å². The number of hydrogen-bond donors (Lipinski definition) is 0. The molecule has 46 heavy (non-hydrogen) atoms. The van der Waals surface area contributed by atoms with Crippen LogP contribution in [0.1, 0.15) is 0 Å². The summed E-state index contributed by atoms with van der Waals surface area (Å²) < 4.78 is 19.8. The Balaban J connectivity index is 1.27.